The highest BCUT2D eigenvalue weighted by Gasteiger charge is 2.21. The van der Waals surface area contributed by atoms with Gasteiger partial charge in [-0.05, 0) is 50.8 Å². The van der Waals surface area contributed by atoms with Crippen LogP contribution in [0.3, 0.4) is 0 Å². The first-order chi connectivity index (χ1) is 8.52. The van der Waals surface area contributed by atoms with Gasteiger partial charge in [0.15, 0.2) is 0 Å². The Hall–Kier alpha value is -1.69. The molecule has 0 aromatic heterocycles. The summed E-state index contributed by atoms with van der Waals surface area (Å²) in [7, 11) is 0. The van der Waals surface area contributed by atoms with Gasteiger partial charge in [0.25, 0.3) is 0 Å². The van der Waals surface area contributed by atoms with Crippen molar-refractivity contribution >= 4 is 11.4 Å². The highest BCUT2D eigenvalue weighted by molar-refractivity contribution is 5.62. The van der Waals surface area contributed by atoms with Crippen molar-refractivity contribution in [1.82, 2.24) is 0 Å². The molecule has 0 saturated carbocycles. The van der Waals surface area contributed by atoms with Gasteiger partial charge in [-0.1, -0.05) is 6.07 Å². The van der Waals surface area contributed by atoms with Crippen LogP contribution in [0.1, 0.15) is 32.3 Å². The predicted molar refractivity (Wildman–Crippen MR) is 75.4 cm³/mol. The van der Waals surface area contributed by atoms with E-state index in [2.05, 4.69) is 23.1 Å². The van der Waals surface area contributed by atoms with Gasteiger partial charge in [0.1, 0.15) is 0 Å². The largest absolute Gasteiger partial charge is 0.399 e. The molecule has 1 aliphatic heterocycles. The molecule has 0 aliphatic carbocycles. The van der Waals surface area contributed by atoms with E-state index in [1.54, 1.807) is 0 Å². The first-order valence-corrected chi connectivity index (χ1v) is 6.56. The fourth-order valence-corrected chi connectivity index (χ4v) is 2.37. The number of nitriles is 1. The van der Waals surface area contributed by atoms with Crippen molar-refractivity contribution in [2.24, 2.45) is 5.41 Å². The second-order valence-electron chi connectivity index (χ2n) is 5.72. The normalized spacial score (nSPS) is 15.1. The van der Waals surface area contributed by atoms with E-state index in [0.29, 0.717) is 0 Å². The van der Waals surface area contributed by atoms with E-state index in [-0.39, 0.29) is 5.41 Å². The summed E-state index contributed by atoms with van der Waals surface area (Å²) in [5.74, 6) is 0. The van der Waals surface area contributed by atoms with Gasteiger partial charge >= 0.3 is 0 Å². The first kappa shape index (κ1) is 12.8. The Bertz CT molecular complexity index is 471. The molecule has 0 spiro atoms. The van der Waals surface area contributed by atoms with Crippen LogP contribution in [0.4, 0.5) is 11.4 Å². The lowest BCUT2D eigenvalue weighted by Gasteiger charge is -2.33. The Morgan fingerprint density at radius 3 is 2.94 bits per heavy atom. The summed E-state index contributed by atoms with van der Waals surface area (Å²) < 4.78 is 0. The van der Waals surface area contributed by atoms with Crippen molar-refractivity contribution in [2.75, 3.05) is 23.7 Å². The summed E-state index contributed by atoms with van der Waals surface area (Å²) in [6, 6.07) is 8.53. The lowest BCUT2D eigenvalue weighted by molar-refractivity contribution is 0.447. The highest BCUT2D eigenvalue weighted by Crippen LogP contribution is 2.30. The van der Waals surface area contributed by atoms with Crippen molar-refractivity contribution in [2.45, 2.75) is 33.1 Å². The molecule has 0 fully saturated rings. The van der Waals surface area contributed by atoms with Crippen molar-refractivity contribution < 1.29 is 0 Å². The van der Waals surface area contributed by atoms with Gasteiger partial charge in [-0.3, -0.25) is 0 Å². The van der Waals surface area contributed by atoms with E-state index < -0.39 is 0 Å². The summed E-state index contributed by atoms with van der Waals surface area (Å²) in [6.45, 7) is 5.99. The van der Waals surface area contributed by atoms with E-state index in [9.17, 15) is 0 Å². The maximum atomic E-state index is 9.07. The fraction of sp³-hybridized carbons (Fsp3) is 0.533. The highest BCUT2D eigenvalue weighted by atomic mass is 15.1. The lowest BCUT2D eigenvalue weighted by atomic mass is 9.90. The van der Waals surface area contributed by atoms with Crippen LogP contribution in [0.15, 0.2) is 18.2 Å². The van der Waals surface area contributed by atoms with Crippen LogP contribution in [0.25, 0.3) is 0 Å². The van der Waals surface area contributed by atoms with Gasteiger partial charge in [-0.2, -0.15) is 5.26 Å². The quantitative estimate of drug-likeness (QED) is 0.830. The van der Waals surface area contributed by atoms with Crippen LogP contribution in [-0.2, 0) is 6.42 Å². The number of fused-ring (bicyclic) bond motifs is 1. The molecule has 0 amide bonds. The Kier molecular flexibility index (Phi) is 3.47. The number of anilines is 2. The molecule has 1 aromatic carbocycles. The summed E-state index contributed by atoms with van der Waals surface area (Å²) in [5.41, 5.74) is 9.08. The minimum absolute atomic E-state index is 0.252. The maximum Gasteiger partial charge on any atom is 0.0684 e. The molecule has 0 radical (unpaired) electrons. The van der Waals surface area contributed by atoms with Crippen LogP contribution in [0.5, 0.6) is 0 Å². The summed E-state index contributed by atoms with van der Waals surface area (Å²) in [4.78, 5) is 2.37. The van der Waals surface area contributed by atoms with Gasteiger partial charge in [-0.15, -0.1) is 0 Å². The Morgan fingerprint density at radius 1 is 1.44 bits per heavy atom. The molecule has 18 heavy (non-hydrogen) atoms. The van der Waals surface area contributed by atoms with Crippen LogP contribution in [0, 0.1) is 16.7 Å². The van der Waals surface area contributed by atoms with E-state index in [1.165, 1.54) is 17.7 Å². The Morgan fingerprint density at radius 2 is 2.22 bits per heavy atom. The Labute approximate surface area is 109 Å². The third-order valence-electron chi connectivity index (χ3n) is 3.63. The van der Waals surface area contributed by atoms with Gasteiger partial charge in [0.05, 0.1) is 11.5 Å². The van der Waals surface area contributed by atoms with Crippen molar-refractivity contribution in [1.29, 1.82) is 5.26 Å². The molecule has 96 valence electrons. The Balaban J connectivity index is 2.13. The molecule has 3 nitrogen and oxygen atoms in total. The van der Waals surface area contributed by atoms with E-state index in [0.717, 1.165) is 31.6 Å². The van der Waals surface area contributed by atoms with Crippen LogP contribution in [-0.4, -0.2) is 13.1 Å². The molecule has 2 rings (SSSR count). The molecule has 0 bridgehead atoms. The van der Waals surface area contributed by atoms with Gasteiger partial charge in [-0.25, -0.2) is 0 Å². The average Bonchev–Trinajstić information content (AvgIpc) is 2.36. The molecule has 2 N–H and O–H groups in total. The predicted octanol–water partition coefficient (Wildman–Crippen LogP) is 2.96. The minimum atomic E-state index is -0.252. The molecule has 1 aliphatic rings. The third-order valence-corrected chi connectivity index (χ3v) is 3.63. The summed E-state index contributed by atoms with van der Waals surface area (Å²) >= 11 is 0. The standard InChI is InChI=1S/C15H21N3/c1-15(2,11-16)7-9-18-8-3-4-12-5-6-13(17)10-14(12)18/h5-6,10H,3-4,7-9,17H2,1-2H3. The molecule has 1 aromatic rings. The first-order valence-electron chi connectivity index (χ1n) is 6.56. The van der Waals surface area contributed by atoms with Crippen LogP contribution < -0.4 is 10.6 Å². The SMILES string of the molecule is CC(C)(C#N)CCN1CCCc2ccc(N)cc21. The number of aryl methyl sites for hydroxylation is 1. The van der Waals surface area contributed by atoms with E-state index in [1.807, 2.05) is 19.9 Å². The molecule has 0 unspecified atom stereocenters. The number of nitrogens with two attached hydrogens (primary N) is 1. The number of rotatable bonds is 3. The minimum Gasteiger partial charge on any atom is -0.399 e. The second kappa shape index (κ2) is 4.89. The van der Waals surface area contributed by atoms with E-state index >= 15 is 0 Å². The summed E-state index contributed by atoms with van der Waals surface area (Å²) in [6.07, 6.45) is 3.20. The van der Waals surface area contributed by atoms with Gasteiger partial charge < -0.3 is 10.6 Å². The van der Waals surface area contributed by atoms with Crippen LogP contribution >= 0.6 is 0 Å². The number of hydrogen-bond acceptors (Lipinski definition) is 3. The molecule has 1 heterocycles. The number of benzene rings is 1. The monoisotopic (exact) mass is 243 g/mol. The third kappa shape index (κ3) is 2.76. The zero-order valence-electron chi connectivity index (χ0n) is 11.2. The van der Waals surface area contributed by atoms with Gasteiger partial charge in [0.2, 0.25) is 0 Å². The number of nitrogen functional groups attached to an aromatic ring is 1. The lowest BCUT2D eigenvalue weighted by Crippen LogP contribution is -2.32. The number of nitrogens with zero attached hydrogens (tertiary/aromatic N) is 2. The molecular formula is C15H21N3. The molecule has 0 atom stereocenters. The second-order valence-corrected chi connectivity index (χ2v) is 5.72. The van der Waals surface area contributed by atoms with Crippen molar-refractivity contribution in [3.05, 3.63) is 23.8 Å². The molecule has 3 heteroatoms. The number of hydrogen-bond donors (Lipinski definition) is 1. The summed E-state index contributed by atoms with van der Waals surface area (Å²) in [5, 5.41) is 9.07. The molecular weight excluding hydrogens is 222 g/mol. The van der Waals surface area contributed by atoms with Gasteiger partial charge in [0, 0.05) is 24.5 Å². The smallest absolute Gasteiger partial charge is 0.0684 e. The zero-order chi connectivity index (χ0) is 13.2. The maximum absolute atomic E-state index is 9.07. The van der Waals surface area contributed by atoms with Crippen molar-refractivity contribution in [3.8, 4) is 6.07 Å². The average molecular weight is 243 g/mol. The zero-order valence-corrected chi connectivity index (χ0v) is 11.2. The van der Waals surface area contributed by atoms with Crippen LogP contribution in [0.2, 0.25) is 0 Å². The molecule has 0 saturated heterocycles. The van der Waals surface area contributed by atoms with Crippen molar-refractivity contribution in [3.63, 3.8) is 0 Å². The topological polar surface area (TPSA) is 53.0 Å². The van der Waals surface area contributed by atoms with E-state index in [4.69, 9.17) is 11.0 Å². The fourth-order valence-electron chi connectivity index (χ4n) is 2.37.